The number of hydrogen-bond donors (Lipinski definition) is 1. The lowest BCUT2D eigenvalue weighted by Gasteiger charge is -2.39. The van der Waals surface area contributed by atoms with E-state index in [2.05, 4.69) is 33.0 Å². The maximum atomic E-state index is 12.3. The summed E-state index contributed by atoms with van der Waals surface area (Å²) < 4.78 is 0. The van der Waals surface area contributed by atoms with Gasteiger partial charge in [-0.2, -0.15) is 0 Å². The first-order valence-electron chi connectivity index (χ1n) is 6.39. The van der Waals surface area contributed by atoms with Gasteiger partial charge in [0.2, 0.25) is 5.91 Å². The van der Waals surface area contributed by atoms with Crippen LogP contribution in [0.3, 0.4) is 0 Å². The van der Waals surface area contributed by atoms with Crippen molar-refractivity contribution in [3.8, 4) is 0 Å². The summed E-state index contributed by atoms with van der Waals surface area (Å²) in [5, 5.41) is 3.34. The molecule has 0 aliphatic carbocycles. The number of piperidine rings is 1. The molecule has 0 radical (unpaired) electrons. The van der Waals surface area contributed by atoms with Crippen molar-refractivity contribution in [2.75, 3.05) is 13.6 Å². The van der Waals surface area contributed by atoms with Crippen LogP contribution in [0.4, 0.5) is 0 Å². The van der Waals surface area contributed by atoms with Gasteiger partial charge >= 0.3 is 0 Å². The number of nitrogens with one attached hydrogen (secondary N) is 1. The number of carbonyl (C=O) groups is 1. The second kappa shape index (κ2) is 5.17. The van der Waals surface area contributed by atoms with E-state index in [9.17, 15) is 4.79 Å². The molecule has 2 unspecified atom stereocenters. The Kier molecular flexibility index (Phi) is 4.36. The molecule has 0 saturated carbocycles. The fourth-order valence-electron chi connectivity index (χ4n) is 2.06. The summed E-state index contributed by atoms with van der Waals surface area (Å²) in [6, 6.07) is 0.0274. The first kappa shape index (κ1) is 13.5. The summed E-state index contributed by atoms with van der Waals surface area (Å²) in [7, 11) is 1.92. The minimum absolute atomic E-state index is 0.0274. The molecule has 1 aliphatic heterocycles. The summed E-state index contributed by atoms with van der Waals surface area (Å²) in [6.45, 7) is 9.57. The highest BCUT2D eigenvalue weighted by atomic mass is 16.2. The third kappa shape index (κ3) is 2.97. The molecule has 0 aromatic heterocycles. The molecular weight excluding hydrogens is 200 g/mol. The van der Waals surface area contributed by atoms with Gasteiger partial charge in [0.15, 0.2) is 0 Å². The molecule has 1 saturated heterocycles. The van der Waals surface area contributed by atoms with Gasteiger partial charge in [-0.1, -0.05) is 13.8 Å². The van der Waals surface area contributed by atoms with Crippen LogP contribution in [-0.4, -0.2) is 36.0 Å². The molecule has 1 aliphatic rings. The van der Waals surface area contributed by atoms with Crippen molar-refractivity contribution in [2.45, 2.75) is 58.5 Å². The Labute approximate surface area is 99.6 Å². The van der Waals surface area contributed by atoms with Crippen molar-refractivity contribution in [1.82, 2.24) is 10.2 Å². The normalized spacial score (nSPS) is 26.6. The van der Waals surface area contributed by atoms with Gasteiger partial charge in [0.05, 0.1) is 6.04 Å². The van der Waals surface area contributed by atoms with Crippen molar-refractivity contribution in [3.05, 3.63) is 0 Å². The zero-order valence-corrected chi connectivity index (χ0v) is 11.3. The van der Waals surface area contributed by atoms with E-state index in [1.165, 1.54) is 6.42 Å². The Hall–Kier alpha value is -0.570. The van der Waals surface area contributed by atoms with Crippen LogP contribution in [0, 0.1) is 5.92 Å². The second-order valence-corrected chi connectivity index (χ2v) is 5.70. The second-order valence-electron chi connectivity index (χ2n) is 5.70. The van der Waals surface area contributed by atoms with Gasteiger partial charge in [0.1, 0.15) is 0 Å². The Bertz CT molecular complexity index is 250. The minimum atomic E-state index is -0.0422. The smallest absolute Gasteiger partial charge is 0.239 e. The summed E-state index contributed by atoms with van der Waals surface area (Å²) in [5.41, 5.74) is -0.0422. The number of rotatable bonds is 3. The summed E-state index contributed by atoms with van der Waals surface area (Å²) in [5.74, 6) is 0.909. The van der Waals surface area contributed by atoms with Crippen LogP contribution in [0.15, 0.2) is 0 Å². The van der Waals surface area contributed by atoms with E-state index in [0.29, 0.717) is 5.92 Å². The Balaban J connectivity index is 2.63. The lowest BCUT2D eigenvalue weighted by Crippen LogP contribution is -2.54. The van der Waals surface area contributed by atoms with E-state index in [1.807, 2.05) is 11.9 Å². The van der Waals surface area contributed by atoms with Crippen LogP contribution < -0.4 is 5.32 Å². The molecule has 1 amide bonds. The van der Waals surface area contributed by atoms with Crippen molar-refractivity contribution < 1.29 is 4.79 Å². The quantitative estimate of drug-likeness (QED) is 0.798. The molecule has 2 atom stereocenters. The maximum Gasteiger partial charge on any atom is 0.239 e. The lowest BCUT2D eigenvalue weighted by atomic mass is 9.92. The highest BCUT2D eigenvalue weighted by molar-refractivity contribution is 5.82. The Morgan fingerprint density at radius 3 is 2.62 bits per heavy atom. The molecule has 1 fully saturated rings. The van der Waals surface area contributed by atoms with Gasteiger partial charge in [-0.15, -0.1) is 0 Å². The average Bonchev–Trinajstić information content (AvgIpc) is 2.27. The van der Waals surface area contributed by atoms with Crippen LogP contribution in [-0.2, 0) is 4.79 Å². The molecule has 1 heterocycles. The number of hydrogen-bond acceptors (Lipinski definition) is 2. The van der Waals surface area contributed by atoms with E-state index < -0.39 is 0 Å². The molecule has 16 heavy (non-hydrogen) atoms. The maximum absolute atomic E-state index is 12.3. The molecule has 1 N–H and O–H groups in total. The standard InChI is InChI=1S/C13H26N2O/c1-6-13(3,4)15(5)12(16)11-9-10(2)7-8-14-11/h10-11,14H,6-9H2,1-5H3. The largest absolute Gasteiger partial charge is 0.339 e. The highest BCUT2D eigenvalue weighted by Crippen LogP contribution is 2.21. The summed E-state index contributed by atoms with van der Waals surface area (Å²) >= 11 is 0. The number of nitrogens with zero attached hydrogens (tertiary/aromatic N) is 1. The van der Waals surface area contributed by atoms with Crippen LogP contribution in [0.5, 0.6) is 0 Å². The van der Waals surface area contributed by atoms with Crippen molar-refractivity contribution in [3.63, 3.8) is 0 Å². The molecule has 0 aromatic rings. The number of likely N-dealkylation sites (N-methyl/N-ethyl adjacent to an activating group) is 1. The zero-order chi connectivity index (χ0) is 12.3. The van der Waals surface area contributed by atoms with Gasteiger partial charge in [-0.05, 0) is 45.6 Å². The molecule has 3 heteroatoms. The first-order valence-corrected chi connectivity index (χ1v) is 6.39. The fourth-order valence-corrected chi connectivity index (χ4v) is 2.06. The zero-order valence-electron chi connectivity index (χ0n) is 11.3. The molecule has 0 aromatic carbocycles. The van der Waals surface area contributed by atoms with Crippen LogP contribution in [0.2, 0.25) is 0 Å². The summed E-state index contributed by atoms with van der Waals surface area (Å²) in [6.07, 6.45) is 3.14. The number of amides is 1. The van der Waals surface area contributed by atoms with Crippen molar-refractivity contribution in [2.24, 2.45) is 5.92 Å². The predicted octanol–water partition coefficient (Wildman–Crippen LogP) is 2.02. The molecular formula is C13H26N2O. The van der Waals surface area contributed by atoms with Gasteiger partial charge in [0, 0.05) is 12.6 Å². The van der Waals surface area contributed by atoms with E-state index in [4.69, 9.17) is 0 Å². The van der Waals surface area contributed by atoms with Gasteiger partial charge in [-0.3, -0.25) is 4.79 Å². The van der Waals surface area contributed by atoms with E-state index >= 15 is 0 Å². The van der Waals surface area contributed by atoms with Crippen LogP contribution in [0.25, 0.3) is 0 Å². The highest BCUT2D eigenvalue weighted by Gasteiger charge is 2.32. The van der Waals surface area contributed by atoms with Gasteiger partial charge in [0.25, 0.3) is 0 Å². The third-order valence-corrected chi connectivity index (χ3v) is 4.07. The lowest BCUT2D eigenvalue weighted by molar-refractivity contribution is -0.138. The Morgan fingerprint density at radius 1 is 1.50 bits per heavy atom. The van der Waals surface area contributed by atoms with Crippen molar-refractivity contribution >= 4 is 5.91 Å². The monoisotopic (exact) mass is 226 g/mol. The topological polar surface area (TPSA) is 32.3 Å². The SMILES string of the molecule is CCC(C)(C)N(C)C(=O)C1CC(C)CCN1. The van der Waals surface area contributed by atoms with E-state index in [-0.39, 0.29) is 17.5 Å². The molecule has 1 rings (SSSR count). The minimum Gasteiger partial charge on any atom is -0.339 e. The van der Waals surface area contributed by atoms with E-state index in [0.717, 1.165) is 19.4 Å². The molecule has 0 spiro atoms. The summed E-state index contributed by atoms with van der Waals surface area (Å²) in [4.78, 5) is 14.2. The Morgan fingerprint density at radius 2 is 2.12 bits per heavy atom. The van der Waals surface area contributed by atoms with Crippen LogP contribution >= 0.6 is 0 Å². The third-order valence-electron chi connectivity index (χ3n) is 4.07. The van der Waals surface area contributed by atoms with Gasteiger partial charge in [-0.25, -0.2) is 0 Å². The van der Waals surface area contributed by atoms with Crippen LogP contribution in [0.1, 0.15) is 47.0 Å². The first-order chi connectivity index (χ1) is 7.38. The molecule has 94 valence electrons. The number of carbonyl (C=O) groups excluding carboxylic acids is 1. The molecule has 3 nitrogen and oxygen atoms in total. The molecule has 0 bridgehead atoms. The van der Waals surface area contributed by atoms with Gasteiger partial charge < -0.3 is 10.2 Å². The average molecular weight is 226 g/mol. The fraction of sp³-hybridized carbons (Fsp3) is 0.923. The van der Waals surface area contributed by atoms with E-state index in [1.54, 1.807) is 0 Å². The predicted molar refractivity (Wildman–Crippen MR) is 67.3 cm³/mol. The van der Waals surface area contributed by atoms with Crippen molar-refractivity contribution in [1.29, 1.82) is 0 Å².